The van der Waals surface area contributed by atoms with Crippen molar-refractivity contribution in [1.82, 2.24) is 14.9 Å². The first-order chi connectivity index (χ1) is 15.4. The minimum atomic E-state index is -0.706. The largest absolute Gasteiger partial charge is 0.383 e. The van der Waals surface area contributed by atoms with Gasteiger partial charge in [-0.05, 0) is 42.9 Å². The summed E-state index contributed by atoms with van der Waals surface area (Å²) in [6.45, 7) is 4.49. The smallest absolute Gasteiger partial charge is 0.313 e. The van der Waals surface area contributed by atoms with E-state index < -0.39 is 11.8 Å². The van der Waals surface area contributed by atoms with E-state index in [0.29, 0.717) is 30.2 Å². The highest BCUT2D eigenvalue weighted by atomic mass is 16.2. The monoisotopic (exact) mass is 432 g/mol. The van der Waals surface area contributed by atoms with E-state index in [4.69, 9.17) is 5.73 Å². The standard InChI is InChI=1S/C24H25N5O3/c1-3-15-11-18(12-26-22(15)25)27-23(31)24(32)29-13-14(2)4-8-20(29)17-5-7-19-16(10-17)6-9-21(30)28-19/h6-7,9-12,14,20H,3-4,8,13H2,1-2H3,(H3-,25,26,27,28,30,31,32)/p+1/t14-,20+/m0/s1. The predicted molar refractivity (Wildman–Crippen MR) is 123 cm³/mol. The van der Waals surface area contributed by atoms with Crippen molar-refractivity contribution in [3.63, 3.8) is 0 Å². The number of aryl methyl sites for hydroxylation is 1. The normalized spacial score (nSPS) is 19.6. The number of H-pyrrole nitrogens is 1. The van der Waals surface area contributed by atoms with E-state index in [9.17, 15) is 14.4 Å². The van der Waals surface area contributed by atoms with Gasteiger partial charge in [0.1, 0.15) is 23.0 Å². The number of fused-ring (bicyclic) bond motifs is 1. The van der Waals surface area contributed by atoms with Gasteiger partial charge < -0.3 is 16.0 Å². The summed E-state index contributed by atoms with van der Waals surface area (Å²) in [5.74, 6) is -0.603. The molecule has 1 aliphatic carbocycles. The fraction of sp³-hybridized carbons (Fsp3) is 0.333. The summed E-state index contributed by atoms with van der Waals surface area (Å²) in [5, 5.41) is 2.67. The van der Waals surface area contributed by atoms with Gasteiger partial charge in [0.05, 0.1) is 24.0 Å². The van der Waals surface area contributed by atoms with E-state index in [2.05, 4.69) is 28.3 Å². The van der Waals surface area contributed by atoms with E-state index >= 15 is 0 Å². The quantitative estimate of drug-likeness (QED) is 0.508. The van der Waals surface area contributed by atoms with Gasteiger partial charge in [-0.1, -0.05) is 13.8 Å². The Morgan fingerprint density at radius 1 is 1.34 bits per heavy atom. The molecule has 3 heterocycles. The number of pyridine rings is 2. The number of nitrogen functional groups attached to an aromatic ring is 1. The van der Waals surface area contributed by atoms with Gasteiger partial charge in [-0.25, -0.2) is 4.98 Å². The number of hydrogen-bond acceptors (Lipinski definition) is 5. The molecule has 1 saturated heterocycles. The molecule has 32 heavy (non-hydrogen) atoms. The number of rotatable bonds is 3. The molecule has 2 aromatic heterocycles. The van der Waals surface area contributed by atoms with Crippen LogP contribution < -0.4 is 16.6 Å². The summed E-state index contributed by atoms with van der Waals surface area (Å²) in [4.78, 5) is 46.0. The van der Waals surface area contributed by atoms with Gasteiger partial charge in [0.25, 0.3) is 5.56 Å². The Kier molecular flexibility index (Phi) is 5.88. The van der Waals surface area contributed by atoms with Gasteiger partial charge in [0.2, 0.25) is 0 Å². The van der Waals surface area contributed by atoms with Gasteiger partial charge in [-0.2, -0.15) is 0 Å². The minimum absolute atomic E-state index is 0.179. The number of amides is 2. The van der Waals surface area contributed by atoms with Gasteiger partial charge in [-0.15, -0.1) is 0 Å². The first-order valence-electron chi connectivity index (χ1n) is 10.8. The average molecular weight is 433 g/mol. The first-order valence-corrected chi connectivity index (χ1v) is 10.8. The number of nitrogens with two attached hydrogens (primary N) is 1. The Hall–Kier alpha value is -3.77. The molecule has 4 N–H and O–H groups in total. The fourth-order valence-electron chi connectivity index (χ4n) is 4.19. The lowest BCUT2D eigenvalue weighted by molar-refractivity contribution is -0.145. The second-order valence-electron chi connectivity index (χ2n) is 8.31. The molecule has 164 valence electrons. The van der Waals surface area contributed by atoms with Gasteiger partial charge in [0.15, 0.2) is 5.69 Å². The highest BCUT2D eigenvalue weighted by molar-refractivity contribution is 6.39. The number of nitrogens with one attached hydrogen (secondary N) is 2. The van der Waals surface area contributed by atoms with E-state index in [-0.39, 0.29) is 17.5 Å². The molecule has 0 radical (unpaired) electrons. The topological polar surface area (TPSA) is 121 Å². The van der Waals surface area contributed by atoms with Crippen LogP contribution in [0.2, 0.25) is 0 Å². The number of likely N-dealkylation sites (tertiary alicyclic amines) is 1. The zero-order chi connectivity index (χ0) is 22.8. The highest BCUT2D eigenvalue weighted by Gasteiger charge is 2.38. The van der Waals surface area contributed by atoms with Crippen molar-refractivity contribution in [2.24, 2.45) is 5.92 Å². The Morgan fingerprint density at radius 2 is 2.16 bits per heavy atom. The van der Waals surface area contributed by atoms with Crippen LogP contribution in [0.15, 0.2) is 34.8 Å². The molecule has 8 heteroatoms. The molecule has 0 spiro atoms. The molecule has 2 aromatic rings. The van der Waals surface area contributed by atoms with Crippen LogP contribution in [0.1, 0.15) is 43.5 Å². The third-order valence-electron chi connectivity index (χ3n) is 5.95. The molecule has 1 aliphatic heterocycles. The van der Waals surface area contributed by atoms with Crippen molar-refractivity contribution in [2.45, 2.75) is 39.2 Å². The third-order valence-corrected chi connectivity index (χ3v) is 5.95. The first kappa shape index (κ1) is 21.5. The molecule has 2 amide bonds. The number of carbonyl (C=O) groups excluding carboxylic acids is 2. The van der Waals surface area contributed by atoms with Crippen molar-refractivity contribution in [3.8, 4) is 0 Å². The summed E-state index contributed by atoms with van der Waals surface area (Å²) in [5.41, 5.74) is 9.26. The predicted octanol–water partition coefficient (Wildman–Crippen LogP) is 2.39. The van der Waals surface area contributed by atoms with E-state index in [1.54, 1.807) is 23.1 Å². The van der Waals surface area contributed by atoms with Crippen LogP contribution in [0.3, 0.4) is 0 Å². The second kappa shape index (κ2) is 8.77. The summed E-state index contributed by atoms with van der Waals surface area (Å²) in [6, 6.07) is 4.68. The van der Waals surface area contributed by atoms with E-state index in [0.717, 1.165) is 29.5 Å². The van der Waals surface area contributed by atoms with Crippen LogP contribution in [0.25, 0.3) is 12.2 Å². The lowest BCUT2D eigenvalue weighted by atomic mass is 9.87. The van der Waals surface area contributed by atoms with Crippen LogP contribution >= 0.6 is 0 Å². The summed E-state index contributed by atoms with van der Waals surface area (Å²) >= 11 is 0. The maximum Gasteiger partial charge on any atom is 0.313 e. The third kappa shape index (κ3) is 4.31. The molecule has 8 nitrogen and oxygen atoms in total. The second-order valence-corrected chi connectivity index (χ2v) is 8.31. The minimum Gasteiger partial charge on any atom is -0.383 e. The van der Waals surface area contributed by atoms with Crippen molar-refractivity contribution < 1.29 is 9.59 Å². The molecular weight excluding hydrogens is 406 g/mol. The maximum absolute atomic E-state index is 13.2. The van der Waals surface area contributed by atoms with Crippen molar-refractivity contribution >= 4 is 35.5 Å². The van der Waals surface area contributed by atoms with Crippen LogP contribution in [0.5, 0.6) is 0 Å². The Bertz CT molecular complexity index is 1180. The molecule has 2 aliphatic rings. The van der Waals surface area contributed by atoms with Crippen LogP contribution in [-0.4, -0.2) is 39.3 Å². The SMILES string of the molecule is CCc1cc(NC(=O)C(=O)N2C[C@@H](C)CC[C@@H]2C2=Cc3ccc(=O)[nH]c3C=[C+]2)cnc1N. The number of nitrogens with zero attached hydrogens (tertiary/aromatic N) is 2. The van der Waals surface area contributed by atoms with Gasteiger partial charge >= 0.3 is 11.8 Å². The van der Waals surface area contributed by atoms with Crippen molar-refractivity contribution in [3.05, 3.63) is 63.2 Å². The fourth-order valence-corrected chi connectivity index (χ4v) is 4.19. The average Bonchev–Trinajstić information content (AvgIpc) is 2.79. The molecule has 0 aromatic carbocycles. The Balaban J connectivity index is 1.56. The number of anilines is 2. The zero-order valence-electron chi connectivity index (χ0n) is 18.1. The summed E-state index contributed by atoms with van der Waals surface area (Å²) in [6.07, 6.45) is 10.6. The van der Waals surface area contributed by atoms with Crippen LogP contribution in [0, 0.1) is 12.0 Å². The van der Waals surface area contributed by atoms with Gasteiger partial charge in [-0.3, -0.25) is 19.4 Å². The number of carbonyl (C=O) groups is 2. The number of aromatic nitrogens is 2. The maximum atomic E-state index is 13.2. The van der Waals surface area contributed by atoms with Crippen molar-refractivity contribution in [1.29, 1.82) is 0 Å². The highest BCUT2D eigenvalue weighted by Crippen LogP contribution is 2.31. The molecular formula is C24H26N5O3+. The van der Waals surface area contributed by atoms with E-state index in [1.165, 1.54) is 12.3 Å². The zero-order valence-corrected chi connectivity index (χ0v) is 18.1. The Morgan fingerprint density at radius 3 is 2.94 bits per heavy atom. The molecule has 0 saturated carbocycles. The van der Waals surface area contributed by atoms with Crippen molar-refractivity contribution in [2.75, 3.05) is 17.6 Å². The van der Waals surface area contributed by atoms with Crippen LogP contribution in [0.4, 0.5) is 11.5 Å². The number of hydrogen-bond donors (Lipinski definition) is 3. The number of aromatic amines is 1. The number of piperidine rings is 1. The molecule has 1 fully saturated rings. The summed E-state index contributed by atoms with van der Waals surface area (Å²) < 4.78 is 0. The lowest BCUT2D eigenvalue weighted by Gasteiger charge is -2.37. The van der Waals surface area contributed by atoms with Gasteiger partial charge in [0, 0.05) is 18.7 Å². The molecule has 4 rings (SSSR count). The van der Waals surface area contributed by atoms with E-state index in [1.807, 2.05) is 13.0 Å². The van der Waals surface area contributed by atoms with Crippen LogP contribution in [-0.2, 0) is 16.0 Å². The molecule has 0 bridgehead atoms. The summed E-state index contributed by atoms with van der Waals surface area (Å²) in [7, 11) is 0. The Labute approximate surface area is 186 Å². The lowest BCUT2D eigenvalue weighted by Crippen LogP contribution is -2.51. The molecule has 2 atom stereocenters. The molecule has 0 unspecified atom stereocenters.